The van der Waals surface area contributed by atoms with E-state index in [0.29, 0.717) is 18.4 Å². The van der Waals surface area contributed by atoms with Crippen molar-refractivity contribution in [1.29, 1.82) is 0 Å². The van der Waals surface area contributed by atoms with Crippen LogP contribution in [0.3, 0.4) is 0 Å². The highest BCUT2D eigenvalue weighted by molar-refractivity contribution is 5.69. The van der Waals surface area contributed by atoms with Crippen LogP contribution in [0.15, 0.2) is 0 Å². The molecule has 0 aromatic carbocycles. The molecule has 1 unspecified atom stereocenters. The summed E-state index contributed by atoms with van der Waals surface area (Å²) in [6.07, 6.45) is 1.58. The van der Waals surface area contributed by atoms with Crippen LogP contribution in [0.4, 0.5) is 0 Å². The van der Waals surface area contributed by atoms with Crippen LogP contribution in [-0.4, -0.2) is 25.2 Å². The molecule has 0 amide bonds. The minimum atomic E-state index is -0.119. The molecular formula is C12H25NO2. The summed E-state index contributed by atoms with van der Waals surface area (Å²) in [7, 11) is 0. The van der Waals surface area contributed by atoms with Crippen molar-refractivity contribution < 1.29 is 9.53 Å². The summed E-state index contributed by atoms with van der Waals surface area (Å²) in [5.74, 6) is -0.119. The number of carbonyl (C=O) groups is 1. The summed E-state index contributed by atoms with van der Waals surface area (Å²) >= 11 is 0. The molecule has 0 saturated carbocycles. The van der Waals surface area contributed by atoms with Crippen molar-refractivity contribution in [1.82, 2.24) is 5.32 Å². The van der Waals surface area contributed by atoms with Crippen molar-refractivity contribution in [2.24, 2.45) is 5.41 Å². The van der Waals surface area contributed by atoms with Crippen LogP contribution in [0.5, 0.6) is 0 Å². The highest BCUT2D eigenvalue weighted by atomic mass is 16.5. The number of nitrogens with one attached hydrogen (secondary N) is 1. The molecule has 0 aliphatic heterocycles. The topological polar surface area (TPSA) is 38.3 Å². The van der Waals surface area contributed by atoms with E-state index in [9.17, 15) is 4.79 Å². The van der Waals surface area contributed by atoms with E-state index in [1.165, 1.54) is 0 Å². The van der Waals surface area contributed by atoms with Crippen LogP contribution in [0.1, 0.15) is 47.5 Å². The summed E-state index contributed by atoms with van der Waals surface area (Å²) in [5.41, 5.74) is 0.295. The van der Waals surface area contributed by atoms with E-state index in [0.717, 1.165) is 13.0 Å². The molecule has 0 heterocycles. The van der Waals surface area contributed by atoms with E-state index in [2.05, 4.69) is 26.1 Å². The van der Waals surface area contributed by atoms with Crippen LogP contribution in [0.25, 0.3) is 0 Å². The predicted molar refractivity (Wildman–Crippen MR) is 62.8 cm³/mol. The highest BCUT2D eigenvalue weighted by Crippen LogP contribution is 2.18. The molecule has 0 fully saturated rings. The SMILES string of the molecule is CCOC(=O)CC(C)NCC(C)(C)CC. The van der Waals surface area contributed by atoms with Crippen molar-refractivity contribution in [3.05, 3.63) is 0 Å². The average Bonchev–Trinajstić information content (AvgIpc) is 2.15. The molecule has 0 rings (SSSR count). The van der Waals surface area contributed by atoms with Gasteiger partial charge in [-0.25, -0.2) is 0 Å². The van der Waals surface area contributed by atoms with Crippen LogP contribution >= 0.6 is 0 Å². The molecule has 1 N–H and O–H groups in total. The van der Waals surface area contributed by atoms with Crippen LogP contribution in [0, 0.1) is 5.41 Å². The zero-order chi connectivity index (χ0) is 11.9. The molecule has 0 saturated heterocycles. The first-order valence-corrected chi connectivity index (χ1v) is 5.80. The Morgan fingerprint density at radius 1 is 1.40 bits per heavy atom. The zero-order valence-electron chi connectivity index (χ0n) is 10.7. The molecule has 0 bridgehead atoms. The molecule has 0 spiro atoms. The lowest BCUT2D eigenvalue weighted by Gasteiger charge is -2.25. The van der Waals surface area contributed by atoms with Gasteiger partial charge in [0.1, 0.15) is 0 Å². The molecule has 90 valence electrons. The Morgan fingerprint density at radius 3 is 2.47 bits per heavy atom. The van der Waals surface area contributed by atoms with E-state index in [-0.39, 0.29) is 12.0 Å². The smallest absolute Gasteiger partial charge is 0.307 e. The van der Waals surface area contributed by atoms with E-state index >= 15 is 0 Å². The fraction of sp³-hybridized carbons (Fsp3) is 0.917. The van der Waals surface area contributed by atoms with Gasteiger partial charge in [0.15, 0.2) is 0 Å². The Morgan fingerprint density at radius 2 is 2.00 bits per heavy atom. The minimum absolute atomic E-state index is 0.119. The van der Waals surface area contributed by atoms with Gasteiger partial charge in [0.05, 0.1) is 13.0 Å². The Balaban J connectivity index is 3.75. The third-order valence-corrected chi connectivity index (χ3v) is 2.66. The molecule has 0 aromatic rings. The summed E-state index contributed by atoms with van der Waals surface area (Å²) in [6, 6.07) is 0.190. The fourth-order valence-corrected chi connectivity index (χ4v) is 1.12. The van der Waals surface area contributed by atoms with Crippen molar-refractivity contribution in [3.8, 4) is 0 Å². The van der Waals surface area contributed by atoms with Crippen molar-refractivity contribution in [2.45, 2.75) is 53.5 Å². The highest BCUT2D eigenvalue weighted by Gasteiger charge is 2.17. The molecule has 15 heavy (non-hydrogen) atoms. The van der Waals surface area contributed by atoms with Gasteiger partial charge in [-0.15, -0.1) is 0 Å². The quantitative estimate of drug-likeness (QED) is 0.662. The van der Waals surface area contributed by atoms with Gasteiger partial charge in [-0.1, -0.05) is 20.8 Å². The Bertz CT molecular complexity index is 190. The van der Waals surface area contributed by atoms with Gasteiger partial charge >= 0.3 is 5.97 Å². The van der Waals surface area contributed by atoms with E-state index in [4.69, 9.17) is 4.74 Å². The largest absolute Gasteiger partial charge is 0.466 e. The summed E-state index contributed by atoms with van der Waals surface area (Å²) in [5, 5.41) is 3.36. The van der Waals surface area contributed by atoms with Crippen molar-refractivity contribution >= 4 is 5.97 Å². The lowest BCUT2D eigenvalue weighted by molar-refractivity contribution is -0.143. The number of esters is 1. The molecule has 0 aliphatic rings. The average molecular weight is 215 g/mol. The maximum Gasteiger partial charge on any atom is 0.307 e. The number of hydrogen-bond donors (Lipinski definition) is 1. The van der Waals surface area contributed by atoms with Crippen molar-refractivity contribution in [3.63, 3.8) is 0 Å². The first-order chi connectivity index (χ1) is 6.91. The Kier molecular flexibility index (Phi) is 6.57. The van der Waals surface area contributed by atoms with Crippen LogP contribution in [-0.2, 0) is 9.53 Å². The third-order valence-electron chi connectivity index (χ3n) is 2.66. The van der Waals surface area contributed by atoms with Gasteiger partial charge in [-0.2, -0.15) is 0 Å². The van der Waals surface area contributed by atoms with Crippen LogP contribution in [0.2, 0.25) is 0 Å². The fourth-order valence-electron chi connectivity index (χ4n) is 1.12. The van der Waals surface area contributed by atoms with Crippen molar-refractivity contribution in [2.75, 3.05) is 13.2 Å². The van der Waals surface area contributed by atoms with E-state index < -0.39 is 0 Å². The first kappa shape index (κ1) is 14.4. The van der Waals surface area contributed by atoms with E-state index in [1.807, 2.05) is 13.8 Å². The number of carbonyl (C=O) groups excluding carboxylic acids is 1. The second kappa shape index (κ2) is 6.83. The summed E-state index contributed by atoms with van der Waals surface area (Å²) < 4.78 is 4.89. The third kappa shape index (κ3) is 7.37. The van der Waals surface area contributed by atoms with E-state index in [1.54, 1.807) is 0 Å². The molecule has 0 aliphatic carbocycles. The summed E-state index contributed by atoms with van der Waals surface area (Å²) in [6.45, 7) is 11.9. The Labute approximate surface area is 93.6 Å². The molecular weight excluding hydrogens is 190 g/mol. The number of ether oxygens (including phenoxy) is 1. The second-order valence-corrected chi connectivity index (χ2v) is 4.81. The Hall–Kier alpha value is -0.570. The molecule has 3 nitrogen and oxygen atoms in total. The monoisotopic (exact) mass is 215 g/mol. The minimum Gasteiger partial charge on any atom is -0.466 e. The maximum absolute atomic E-state index is 11.2. The molecule has 1 atom stereocenters. The summed E-state index contributed by atoms with van der Waals surface area (Å²) in [4.78, 5) is 11.2. The standard InChI is InChI=1S/C12H25NO2/c1-6-12(4,5)9-13-10(3)8-11(14)15-7-2/h10,13H,6-9H2,1-5H3. The van der Waals surface area contributed by atoms with Gasteiger partial charge in [0.2, 0.25) is 0 Å². The molecule has 0 aromatic heterocycles. The lowest BCUT2D eigenvalue weighted by atomic mass is 9.90. The maximum atomic E-state index is 11.2. The number of rotatable bonds is 7. The zero-order valence-corrected chi connectivity index (χ0v) is 10.7. The number of hydrogen-bond acceptors (Lipinski definition) is 3. The molecule has 0 radical (unpaired) electrons. The van der Waals surface area contributed by atoms with Gasteiger partial charge < -0.3 is 10.1 Å². The van der Waals surface area contributed by atoms with Gasteiger partial charge in [-0.05, 0) is 25.7 Å². The van der Waals surface area contributed by atoms with Gasteiger partial charge in [0.25, 0.3) is 0 Å². The molecule has 3 heteroatoms. The van der Waals surface area contributed by atoms with Gasteiger partial charge in [-0.3, -0.25) is 4.79 Å². The second-order valence-electron chi connectivity index (χ2n) is 4.81. The predicted octanol–water partition coefficient (Wildman–Crippen LogP) is 2.35. The van der Waals surface area contributed by atoms with Crippen LogP contribution < -0.4 is 5.32 Å². The first-order valence-electron chi connectivity index (χ1n) is 5.80. The normalized spacial score (nSPS) is 13.7. The van der Waals surface area contributed by atoms with Gasteiger partial charge in [0, 0.05) is 12.6 Å². The lowest BCUT2D eigenvalue weighted by Crippen LogP contribution is -2.36.